The summed E-state index contributed by atoms with van der Waals surface area (Å²) in [5.74, 6) is -0.468. The molecule has 22 heavy (non-hydrogen) atoms. The molecule has 120 valence electrons. The topological polar surface area (TPSA) is 58.2 Å². The summed E-state index contributed by atoms with van der Waals surface area (Å²) in [4.78, 5) is 23.1. The van der Waals surface area contributed by atoms with Gasteiger partial charge in [-0.25, -0.2) is 0 Å². The van der Waals surface area contributed by atoms with E-state index >= 15 is 0 Å². The molecular formula is C18H26N2O2. The van der Waals surface area contributed by atoms with E-state index in [1.54, 1.807) is 6.08 Å². The zero-order chi connectivity index (χ0) is 16.8. The molecule has 4 nitrogen and oxygen atoms in total. The molecule has 0 aliphatic heterocycles. The molecule has 0 fully saturated rings. The van der Waals surface area contributed by atoms with Crippen molar-refractivity contribution in [3.8, 4) is 0 Å². The smallest absolute Gasteiger partial charge is 0.244 e. The van der Waals surface area contributed by atoms with Crippen LogP contribution in [0.15, 0.2) is 30.3 Å². The van der Waals surface area contributed by atoms with Crippen LogP contribution in [0.4, 0.5) is 0 Å². The molecule has 0 spiro atoms. The average molecular weight is 302 g/mol. The van der Waals surface area contributed by atoms with Gasteiger partial charge in [0.1, 0.15) is 0 Å². The van der Waals surface area contributed by atoms with Gasteiger partial charge in [-0.05, 0) is 36.5 Å². The maximum atomic E-state index is 11.7. The lowest BCUT2D eigenvalue weighted by Gasteiger charge is -2.18. The third-order valence-electron chi connectivity index (χ3n) is 3.08. The van der Waals surface area contributed by atoms with Crippen LogP contribution >= 0.6 is 0 Å². The Bertz CT molecular complexity index is 537. The predicted molar refractivity (Wildman–Crippen MR) is 90.5 cm³/mol. The number of hydrogen-bond acceptors (Lipinski definition) is 2. The van der Waals surface area contributed by atoms with Crippen LogP contribution in [0.1, 0.15) is 45.7 Å². The number of rotatable bonds is 5. The van der Waals surface area contributed by atoms with Crippen molar-refractivity contribution in [3.63, 3.8) is 0 Å². The third-order valence-corrected chi connectivity index (χ3v) is 3.08. The van der Waals surface area contributed by atoms with E-state index in [1.165, 1.54) is 11.6 Å². The Morgan fingerprint density at radius 2 is 1.73 bits per heavy atom. The van der Waals surface area contributed by atoms with Gasteiger partial charge in [0.05, 0.1) is 6.54 Å². The van der Waals surface area contributed by atoms with Gasteiger partial charge in [-0.15, -0.1) is 0 Å². The summed E-state index contributed by atoms with van der Waals surface area (Å²) >= 11 is 0. The van der Waals surface area contributed by atoms with Gasteiger partial charge in [0.25, 0.3) is 0 Å². The molecule has 2 amide bonds. The van der Waals surface area contributed by atoms with Gasteiger partial charge in [-0.3, -0.25) is 9.59 Å². The van der Waals surface area contributed by atoms with Crippen LogP contribution < -0.4 is 10.6 Å². The summed E-state index contributed by atoms with van der Waals surface area (Å²) in [7, 11) is 0. The van der Waals surface area contributed by atoms with E-state index in [9.17, 15) is 9.59 Å². The van der Waals surface area contributed by atoms with Crippen molar-refractivity contribution in [2.45, 2.75) is 46.1 Å². The number of carbonyl (C=O) groups excluding carboxylic acids is 2. The van der Waals surface area contributed by atoms with Crippen molar-refractivity contribution in [3.05, 3.63) is 41.5 Å². The Morgan fingerprint density at radius 3 is 2.23 bits per heavy atom. The Kier molecular flexibility index (Phi) is 6.35. The van der Waals surface area contributed by atoms with Gasteiger partial charge >= 0.3 is 0 Å². The second-order valence-corrected chi connectivity index (χ2v) is 6.65. The number of carbonyl (C=O) groups is 2. The van der Waals surface area contributed by atoms with E-state index < -0.39 is 0 Å². The number of nitrogens with one attached hydrogen (secondary N) is 2. The fourth-order valence-corrected chi connectivity index (χ4v) is 1.87. The highest BCUT2D eigenvalue weighted by molar-refractivity contribution is 5.94. The highest BCUT2D eigenvalue weighted by atomic mass is 16.2. The first kappa shape index (κ1) is 18.0. The maximum Gasteiger partial charge on any atom is 0.244 e. The molecule has 1 aromatic carbocycles. The minimum atomic E-state index is -0.279. The normalized spacial score (nSPS) is 11.7. The highest BCUT2D eigenvalue weighted by Gasteiger charge is 2.12. The van der Waals surface area contributed by atoms with Crippen LogP contribution in [0.3, 0.4) is 0 Å². The van der Waals surface area contributed by atoms with Gasteiger partial charge in [-0.1, -0.05) is 45.0 Å². The van der Waals surface area contributed by atoms with Crippen LogP contribution in [-0.4, -0.2) is 24.4 Å². The Morgan fingerprint density at radius 1 is 1.14 bits per heavy atom. The lowest BCUT2D eigenvalue weighted by Crippen LogP contribution is -2.39. The minimum absolute atomic E-state index is 0.00961. The first-order valence-electron chi connectivity index (χ1n) is 7.54. The molecular weight excluding hydrogens is 276 g/mol. The van der Waals surface area contributed by atoms with E-state index in [0.29, 0.717) is 0 Å². The van der Waals surface area contributed by atoms with Gasteiger partial charge in [-0.2, -0.15) is 0 Å². The zero-order valence-electron chi connectivity index (χ0n) is 14.1. The van der Waals surface area contributed by atoms with E-state index in [4.69, 9.17) is 0 Å². The molecule has 4 heteroatoms. The zero-order valence-corrected chi connectivity index (χ0v) is 14.1. The number of hydrogen-bond donors (Lipinski definition) is 2. The van der Waals surface area contributed by atoms with Gasteiger partial charge < -0.3 is 10.6 Å². The van der Waals surface area contributed by atoms with Crippen molar-refractivity contribution in [1.29, 1.82) is 0 Å². The molecule has 0 unspecified atom stereocenters. The number of amides is 2. The molecule has 0 saturated heterocycles. The molecule has 2 N–H and O–H groups in total. The third kappa shape index (κ3) is 6.57. The molecule has 0 heterocycles. The summed E-state index contributed by atoms with van der Waals surface area (Å²) in [6.07, 6.45) is 3.18. The fraction of sp³-hybridized carbons (Fsp3) is 0.444. The van der Waals surface area contributed by atoms with E-state index in [-0.39, 0.29) is 29.8 Å². The highest BCUT2D eigenvalue weighted by Crippen LogP contribution is 2.22. The summed E-state index contributed by atoms with van der Waals surface area (Å²) in [6.45, 7) is 10.2. The van der Waals surface area contributed by atoms with Crippen molar-refractivity contribution < 1.29 is 9.59 Å². The van der Waals surface area contributed by atoms with Crippen LogP contribution in [0.5, 0.6) is 0 Å². The first-order chi connectivity index (χ1) is 10.2. The number of benzene rings is 1. The fourth-order valence-electron chi connectivity index (χ4n) is 1.87. The molecule has 0 aliphatic rings. The van der Waals surface area contributed by atoms with Crippen molar-refractivity contribution in [1.82, 2.24) is 10.6 Å². The van der Waals surface area contributed by atoms with Crippen molar-refractivity contribution in [2.75, 3.05) is 6.54 Å². The lowest BCUT2D eigenvalue weighted by molar-refractivity contribution is -0.124. The summed E-state index contributed by atoms with van der Waals surface area (Å²) in [5.41, 5.74) is 2.32. The summed E-state index contributed by atoms with van der Waals surface area (Å²) in [5, 5.41) is 5.27. The first-order valence-corrected chi connectivity index (χ1v) is 7.54. The quantitative estimate of drug-likeness (QED) is 0.822. The molecule has 1 rings (SSSR count). The molecule has 0 aliphatic carbocycles. The Labute approximate surface area is 133 Å². The van der Waals surface area contributed by atoms with Crippen LogP contribution in [-0.2, 0) is 15.0 Å². The van der Waals surface area contributed by atoms with Crippen molar-refractivity contribution in [2.24, 2.45) is 0 Å². The monoisotopic (exact) mass is 302 g/mol. The molecule has 1 aromatic rings. The van der Waals surface area contributed by atoms with Gasteiger partial charge in [0, 0.05) is 12.1 Å². The van der Waals surface area contributed by atoms with Crippen LogP contribution in [0.25, 0.3) is 6.08 Å². The molecule has 0 aromatic heterocycles. The second kappa shape index (κ2) is 7.78. The predicted octanol–water partition coefficient (Wildman–Crippen LogP) is 2.64. The maximum absolute atomic E-state index is 11.7. The second-order valence-electron chi connectivity index (χ2n) is 6.65. The summed E-state index contributed by atoms with van der Waals surface area (Å²) in [6, 6.07) is 8.16. The largest absolute Gasteiger partial charge is 0.352 e. The molecule has 0 atom stereocenters. The van der Waals surface area contributed by atoms with E-state index in [0.717, 1.165) is 5.56 Å². The minimum Gasteiger partial charge on any atom is -0.352 e. The summed E-state index contributed by atoms with van der Waals surface area (Å²) < 4.78 is 0. The molecule has 0 saturated carbocycles. The molecule has 0 bridgehead atoms. The van der Waals surface area contributed by atoms with Crippen molar-refractivity contribution >= 4 is 17.9 Å². The van der Waals surface area contributed by atoms with Crippen LogP contribution in [0, 0.1) is 0 Å². The van der Waals surface area contributed by atoms with Gasteiger partial charge in [0.15, 0.2) is 0 Å². The van der Waals surface area contributed by atoms with E-state index in [1.807, 2.05) is 26.0 Å². The Balaban J connectivity index is 2.50. The van der Waals surface area contributed by atoms with Gasteiger partial charge in [0.2, 0.25) is 11.8 Å². The lowest BCUT2D eigenvalue weighted by atomic mass is 9.87. The molecule has 0 radical (unpaired) electrons. The average Bonchev–Trinajstić information content (AvgIpc) is 2.41. The Hall–Kier alpha value is -2.10. The SMILES string of the molecule is CC(C)NC(=O)CNC(=O)/C=C/c1ccc(C(C)(C)C)cc1. The standard InChI is InChI=1S/C18H26N2O2/c1-13(2)20-17(22)12-19-16(21)11-8-14-6-9-15(10-7-14)18(3,4)5/h6-11,13H,12H2,1-5H3,(H,19,21)(H,20,22)/b11-8+. The van der Waals surface area contributed by atoms with Crippen LogP contribution in [0.2, 0.25) is 0 Å². The van der Waals surface area contributed by atoms with E-state index in [2.05, 4.69) is 43.5 Å².